The molecule has 0 saturated carbocycles. The van der Waals surface area contributed by atoms with Gasteiger partial charge in [0.25, 0.3) is 5.91 Å². The van der Waals surface area contributed by atoms with Crippen molar-refractivity contribution in [3.63, 3.8) is 0 Å². The van der Waals surface area contributed by atoms with Crippen LogP contribution in [0.15, 0.2) is 48.7 Å². The van der Waals surface area contributed by atoms with Crippen LogP contribution in [0, 0.1) is 0 Å². The Hall–Kier alpha value is -2.36. The Kier molecular flexibility index (Phi) is 3.05. The van der Waals surface area contributed by atoms with Crippen molar-refractivity contribution in [2.75, 3.05) is 11.9 Å². The molecule has 0 unspecified atom stereocenters. The van der Waals surface area contributed by atoms with Gasteiger partial charge in [0, 0.05) is 18.9 Å². The molecule has 4 heteroatoms. The number of benzene rings is 1. The van der Waals surface area contributed by atoms with Crippen LogP contribution in [0.25, 0.3) is 0 Å². The summed E-state index contributed by atoms with van der Waals surface area (Å²) in [6.07, 6.45) is 1.58. The number of aromatic hydroxyl groups is 1. The minimum Gasteiger partial charge on any atom is -0.508 e. The van der Waals surface area contributed by atoms with Crippen molar-refractivity contribution in [1.29, 1.82) is 0 Å². The normalized spacial score (nSPS) is 9.94. The van der Waals surface area contributed by atoms with Crippen LogP contribution in [0.4, 0.5) is 5.69 Å². The van der Waals surface area contributed by atoms with E-state index in [1.807, 2.05) is 0 Å². The van der Waals surface area contributed by atoms with Crippen molar-refractivity contribution < 1.29 is 9.90 Å². The molecular formula is C13H12N2O2. The number of carbonyl (C=O) groups is 1. The van der Waals surface area contributed by atoms with E-state index in [9.17, 15) is 9.90 Å². The molecule has 0 radical (unpaired) electrons. The number of anilines is 1. The van der Waals surface area contributed by atoms with Gasteiger partial charge in [-0.3, -0.25) is 9.78 Å². The van der Waals surface area contributed by atoms with Gasteiger partial charge in [-0.15, -0.1) is 0 Å². The van der Waals surface area contributed by atoms with Crippen LogP contribution in [-0.4, -0.2) is 23.0 Å². The number of carbonyl (C=O) groups excluding carboxylic acids is 1. The molecular weight excluding hydrogens is 216 g/mol. The number of amides is 1. The first-order valence-corrected chi connectivity index (χ1v) is 5.16. The van der Waals surface area contributed by atoms with Gasteiger partial charge in [0.1, 0.15) is 11.4 Å². The van der Waals surface area contributed by atoms with Crippen molar-refractivity contribution in [2.45, 2.75) is 0 Å². The standard InChI is InChI=1S/C13H12N2O2/c1-15(10-5-7-11(16)8-6-10)13(17)12-4-2-3-9-14-12/h2-9,16H,1H3. The second kappa shape index (κ2) is 4.65. The Morgan fingerprint density at radius 2 is 1.88 bits per heavy atom. The Bertz CT molecular complexity index is 509. The van der Waals surface area contributed by atoms with Gasteiger partial charge >= 0.3 is 0 Å². The van der Waals surface area contributed by atoms with E-state index in [1.165, 1.54) is 17.0 Å². The second-order valence-corrected chi connectivity index (χ2v) is 3.60. The van der Waals surface area contributed by atoms with E-state index in [2.05, 4.69) is 4.98 Å². The summed E-state index contributed by atoms with van der Waals surface area (Å²) in [5.74, 6) is -0.0104. The molecule has 0 spiro atoms. The molecule has 4 nitrogen and oxygen atoms in total. The third kappa shape index (κ3) is 2.42. The van der Waals surface area contributed by atoms with Crippen molar-refractivity contribution in [3.8, 4) is 5.75 Å². The van der Waals surface area contributed by atoms with Crippen molar-refractivity contribution in [1.82, 2.24) is 4.98 Å². The number of hydrogen-bond acceptors (Lipinski definition) is 3. The zero-order valence-electron chi connectivity index (χ0n) is 9.37. The largest absolute Gasteiger partial charge is 0.508 e. The monoisotopic (exact) mass is 228 g/mol. The van der Waals surface area contributed by atoms with E-state index in [0.717, 1.165) is 0 Å². The number of aromatic nitrogens is 1. The Balaban J connectivity index is 2.23. The molecule has 0 saturated heterocycles. The van der Waals surface area contributed by atoms with Crippen molar-refractivity contribution >= 4 is 11.6 Å². The minimum absolute atomic E-state index is 0.174. The topological polar surface area (TPSA) is 53.4 Å². The molecule has 1 heterocycles. The van der Waals surface area contributed by atoms with Gasteiger partial charge in [0.15, 0.2) is 0 Å². The third-order valence-corrected chi connectivity index (χ3v) is 2.43. The van der Waals surface area contributed by atoms with Crippen molar-refractivity contribution in [3.05, 3.63) is 54.4 Å². The molecule has 86 valence electrons. The number of rotatable bonds is 2. The van der Waals surface area contributed by atoms with Gasteiger partial charge in [0.05, 0.1) is 0 Å². The predicted octanol–water partition coefficient (Wildman–Crippen LogP) is 2.06. The summed E-state index contributed by atoms with van der Waals surface area (Å²) in [5.41, 5.74) is 1.10. The first-order chi connectivity index (χ1) is 8.18. The van der Waals surface area contributed by atoms with Crippen LogP contribution in [0.5, 0.6) is 5.75 Å². The lowest BCUT2D eigenvalue weighted by atomic mass is 10.2. The molecule has 1 aromatic heterocycles. The Morgan fingerprint density at radius 3 is 2.47 bits per heavy atom. The maximum Gasteiger partial charge on any atom is 0.276 e. The van der Waals surface area contributed by atoms with Gasteiger partial charge < -0.3 is 10.0 Å². The SMILES string of the molecule is CN(C(=O)c1ccccn1)c1ccc(O)cc1. The van der Waals surface area contributed by atoms with E-state index in [4.69, 9.17) is 0 Å². The summed E-state index contributed by atoms with van der Waals surface area (Å²) in [5, 5.41) is 9.18. The number of hydrogen-bond donors (Lipinski definition) is 1. The molecule has 17 heavy (non-hydrogen) atoms. The van der Waals surface area contributed by atoms with Crippen LogP contribution in [0.3, 0.4) is 0 Å². The fourth-order valence-electron chi connectivity index (χ4n) is 1.45. The maximum absolute atomic E-state index is 12.0. The number of phenolic OH excluding ortho intramolecular Hbond substituents is 1. The number of phenols is 1. The molecule has 2 aromatic rings. The summed E-state index contributed by atoms with van der Waals surface area (Å²) in [7, 11) is 1.67. The van der Waals surface area contributed by atoms with Gasteiger partial charge in [-0.05, 0) is 36.4 Å². The van der Waals surface area contributed by atoms with E-state index < -0.39 is 0 Å². The fraction of sp³-hybridized carbons (Fsp3) is 0.0769. The van der Waals surface area contributed by atoms with E-state index in [1.54, 1.807) is 43.6 Å². The van der Waals surface area contributed by atoms with Crippen LogP contribution in [-0.2, 0) is 0 Å². The fourth-order valence-corrected chi connectivity index (χ4v) is 1.45. The zero-order valence-corrected chi connectivity index (χ0v) is 9.37. The van der Waals surface area contributed by atoms with Crippen molar-refractivity contribution in [2.24, 2.45) is 0 Å². The highest BCUT2D eigenvalue weighted by Crippen LogP contribution is 2.18. The molecule has 0 aliphatic carbocycles. The van der Waals surface area contributed by atoms with Gasteiger partial charge in [-0.25, -0.2) is 0 Å². The van der Waals surface area contributed by atoms with Gasteiger partial charge in [-0.1, -0.05) is 6.07 Å². The molecule has 0 aliphatic heterocycles. The lowest BCUT2D eigenvalue weighted by Gasteiger charge is -2.16. The van der Waals surface area contributed by atoms with Crippen LogP contribution in [0.2, 0.25) is 0 Å². The third-order valence-electron chi connectivity index (χ3n) is 2.43. The number of nitrogens with zero attached hydrogens (tertiary/aromatic N) is 2. The maximum atomic E-state index is 12.0. The highest BCUT2D eigenvalue weighted by atomic mass is 16.3. The molecule has 0 bridgehead atoms. The molecule has 1 amide bonds. The van der Waals surface area contributed by atoms with E-state index in [-0.39, 0.29) is 11.7 Å². The highest BCUT2D eigenvalue weighted by molar-refractivity contribution is 6.04. The highest BCUT2D eigenvalue weighted by Gasteiger charge is 2.13. The Morgan fingerprint density at radius 1 is 1.18 bits per heavy atom. The molecule has 2 rings (SSSR count). The molecule has 1 aromatic carbocycles. The average Bonchev–Trinajstić information content (AvgIpc) is 2.39. The van der Waals surface area contributed by atoms with Crippen LogP contribution >= 0.6 is 0 Å². The minimum atomic E-state index is -0.184. The first-order valence-electron chi connectivity index (χ1n) is 5.16. The number of pyridine rings is 1. The Labute approximate surface area is 99.2 Å². The lowest BCUT2D eigenvalue weighted by Crippen LogP contribution is -2.26. The summed E-state index contributed by atoms with van der Waals surface area (Å²) >= 11 is 0. The zero-order chi connectivity index (χ0) is 12.3. The first kappa shape index (κ1) is 11.1. The average molecular weight is 228 g/mol. The summed E-state index contributed by atoms with van der Waals surface area (Å²) < 4.78 is 0. The predicted molar refractivity (Wildman–Crippen MR) is 65.1 cm³/mol. The molecule has 0 fully saturated rings. The summed E-state index contributed by atoms with van der Waals surface area (Å²) in [6, 6.07) is 11.6. The quantitative estimate of drug-likeness (QED) is 0.856. The van der Waals surface area contributed by atoms with E-state index >= 15 is 0 Å². The lowest BCUT2D eigenvalue weighted by molar-refractivity contribution is 0.0988. The van der Waals surface area contributed by atoms with Crippen LogP contribution < -0.4 is 4.90 Å². The smallest absolute Gasteiger partial charge is 0.276 e. The van der Waals surface area contributed by atoms with E-state index in [0.29, 0.717) is 11.4 Å². The van der Waals surface area contributed by atoms with Gasteiger partial charge in [-0.2, -0.15) is 0 Å². The molecule has 0 atom stereocenters. The van der Waals surface area contributed by atoms with Crippen LogP contribution in [0.1, 0.15) is 10.5 Å². The molecule has 1 N–H and O–H groups in total. The second-order valence-electron chi connectivity index (χ2n) is 3.60. The van der Waals surface area contributed by atoms with Gasteiger partial charge in [0.2, 0.25) is 0 Å². The molecule has 0 aliphatic rings. The summed E-state index contributed by atoms with van der Waals surface area (Å²) in [4.78, 5) is 17.5. The summed E-state index contributed by atoms with van der Waals surface area (Å²) in [6.45, 7) is 0.